The van der Waals surface area contributed by atoms with Gasteiger partial charge in [-0.2, -0.15) is 5.26 Å². The van der Waals surface area contributed by atoms with Gasteiger partial charge in [0.1, 0.15) is 10.5 Å². The van der Waals surface area contributed by atoms with Gasteiger partial charge in [-0.25, -0.2) is 0 Å². The van der Waals surface area contributed by atoms with Crippen molar-refractivity contribution in [3.05, 3.63) is 28.0 Å². The summed E-state index contributed by atoms with van der Waals surface area (Å²) in [4.78, 5) is 21.9. The van der Waals surface area contributed by atoms with E-state index in [1.54, 1.807) is 0 Å². The zero-order valence-electron chi connectivity index (χ0n) is 10.9. The summed E-state index contributed by atoms with van der Waals surface area (Å²) in [6.07, 6.45) is 5.05. The highest BCUT2D eigenvalue weighted by Gasteiger charge is 2.33. The van der Waals surface area contributed by atoms with Crippen molar-refractivity contribution in [2.75, 3.05) is 0 Å². The number of nitriles is 1. The predicted molar refractivity (Wildman–Crippen MR) is 68.9 cm³/mol. The molecule has 0 spiro atoms. The van der Waals surface area contributed by atoms with Crippen LogP contribution in [0.1, 0.15) is 49.1 Å². The molecule has 1 aromatic heterocycles. The second kappa shape index (κ2) is 5.74. The summed E-state index contributed by atoms with van der Waals surface area (Å²) in [6.45, 7) is 0. The summed E-state index contributed by atoms with van der Waals surface area (Å²) in [5.74, 6) is -1.21. The number of hydrogen-bond donors (Lipinski definition) is 1. The molecule has 1 N–H and O–H groups in total. The predicted octanol–water partition coefficient (Wildman–Crippen LogP) is 2.53. The molecule has 0 radical (unpaired) electrons. The Labute approximate surface area is 115 Å². The van der Waals surface area contributed by atoms with Gasteiger partial charge in [-0.15, -0.1) is 0 Å². The van der Waals surface area contributed by atoms with Gasteiger partial charge >= 0.3 is 5.88 Å². The smallest absolute Gasteiger partial charge is 0.395 e. The lowest BCUT2D eigenvalue weighted by Crippen LogP contribution is -2.46. The number of nitro groups is 1. The van der Waals surface area contributed by atoms with E-state index in [0.717, 1.165) is 31.7 Å². The first-order valence-corrected chi connectivity index (χ1v) is 6.54. The quantitative estimate of drug-likeness (QED) is 0.518. The van der Waals surface area contributed by atoms with Crippen LogP contribution in [0.2, 0.25) is 0 Å². The minimum Gasteiger partial charge on any atom is -0.395 e. The zero-order valence-corrected chi connectivity index (χ0v) is 10.9. The molecule has 1 aromatic rings. The molecule has 1 fully saturated rings. The van der Waals surface area contributed by atoms with Crippen LogP contribution in [0, 0.1) is 21.4 Å². The molecule has 1 aliphatic carbocycles. The molecular formula is C13H15N3O4. The van der Waals surface area contributed by atoms with Crippen LogP contribution >= 0.6 is 0 Å². The number of amides is 1. The zero-order chi connectivity index (χ0) is 14.6. The molecule has 0 bridgehead atoms. The second-order valence-electron chi connectivity index (χ2n) is 4.96. The van der Waals surface area contributed by atoms with Crippen LogP contribution in [0.3, 0.4) is 0 Å². The summed E-state index contributed by atoms with van der Waals surface area (Å²) >= 11 is 0. The van der Waals surface area contributed by atoms with Crippen LogP contribution in [0.4, 0.5) is 5.88 Å². The number of carbonyl (C=O) groups is 1. The number of nitrogens with zero attached hydrogens (tertiary/aromatic N) is 2. The van der Waals surface area contributed by atoms with Gasteiger partial charge in [-0.3, -0.25) is 14.9 Å². The Morgan fingerprint density at radius 3 is 2.50 bits per heavy atom. The molecule has 0 aromatic carbocycles. The molecule has 0 aliphatic heterocycles. The van der Waals surface area contributed by atoms with Gasteiger partial charge in [-0.05, 0) is 18.9 Å². The SMILES string of the molecule is N#CC1(NC(=O)c2ccc([N+](=O)[O-])o2)CCCCCC1. The lowest BCUT2D eigenvalue weighted by Gasteiger charge is -2.25. The van der Waals surface area contributed by atoms with E-state index in [9.17, 15) is 20.2 Å². The maximum Gasteiger partial charge on any atom is 0.433 e. The van der Waals surface area contributed by atoms with Crippen LogP contribution < -0.4 is 5.32 Å². The molecule has 20 heavy (non-hydrogen) atoms. The van der Waals surface area contributed by atoms with Crippen molar-refractivity contribution in [2.24, 2.45) is 0 Å². The van der Waals surface area contributed by atoms with Gasteiger partial charge in [0, 0.05) is 0 Å². The van der Waals surface area contributed by atoms with Gasteiger partial charge in [0.05, 0.1) is 12.1 Å². The summed E-state index contributed by atoms with van der Waals surface area (Å²) < 4.78 is 4.85. The molecule has 106 valence electrons. The fourth-order valence-electron chi connectivity index (χ4n) is 2.42. The maximum absolute atomic E-state index is 12.0. The van der Waals surface area contributed by atoms with Crippen molar-refractivity contribution < 1.29 is 14.1 Å². The van der Waals surface area contributed by atoms with E-state index < -0.39 is 22.3 Å². The third-order valence-electron chi connectivity index (χ3n) is 3.52. The van der Waals surface area contributed by atoms with E-state index in [1.807, 2.05) is 0 Å². The molecule has 1 aliphatic rings. The lowest BCUT2D eigenvalue weighted by molar-refractivity contribution is -0.402. The Hall–Kier alpha value is -2.36. The normalized spacial score (nSPS) is 17.8. The van der Waals surface area contributed by atoms with Crippen molar-refractivity contribution in [2.45, 2.75) is 44.1 Å². The van der Waals surface area contributed by atoms with E-state index in [1.165, 1.54) is 6.07 Å². The van der Waals surface area contributed by atoms with E-state index in [0.29, 0.717) is 12.8 Å². The number of furan rings is 1. The lowest BCUT2D eigenvalue weighted by atomic mass is 9.92. The minimum atomic E-state index is -0.894. The molecule has 1 saturated carbocycles. The molecule has 7 heteroatoms. The van der Waals surface area contributed by atoms with Crippen LogP contribution in [0.15, 0.2) is 16.5 Å². The maximum atomic E-state index is 12.0. The van der Waals surface area contributed by atoms with Gasteiger partial charge in [0.25, 0.3) is 5.91 Å². The molecule has 0 saturated heterocycles. The standard InChI is InChI=1S/C13H15N3O4/c14-9-13(7-3-1-2-4-8-13)15-12(17)10-5-6-11(20-10)16(18)19/h5-6H,1-4,7-8H2,(H,15,17). The Balaban J connectivity index is 2.12. The fourth-order valence-corrected chi connectivity index (χ4v) is 2.42. The largest absolute Gasteiger partial charge is 0.433 e. The van der Waals surface area contributed by atoms with Gasteiger partial charge in [0.2, 0.25) is 0 Å². The van der Waals surface area contributed by atoms with Crippen molar-refractivity contribution in [3.8, 4) is 6.07 Å². The monoisotopic (exact) mass is 277 g/mol. The van der Waals surface area contributed by atoms with E-state index in [2.05, 4.69) is 11.4 Å². The molecule has 0 atom stereocenters. The fraction of sp³-hybridized carbons (Fsp3) is 0.538. The Kier molecular flexibility index (Phi) is 4.03. The molecule has 7 nitrogen and oxygen atoms in total. The highest BCUT2D eigenvalue weighted by Crippen LogP contribution is 2.27. The number of rotatable bonds is 3. The Morgan fingerprint density at radius 1 is 1.35 bits per heavy atom. The molecule has 2 rings (SSSR count). The van der Waals surface area contributed by atoms with Crippen LogP contribution in [-0.4, -0.2) is 16.4 Å². The first-order chi connectivity index (χ1) is 9.56. The minimum absolute atomic E-state index is 0.143. The van der Waals surface area contributed by atoms with Crippen LogP contribution in [-0.2, 0) is 0 Å². The first kappa shape index (κ1) is 14.1. The molecule has 0 unspecified atom stereocenters. The van der Waals surface area contributed by atoms with Gasteiger partial charge < -0.3 is 9.73 Å². The molecule has 1 amide bonds. The summed E-state index contributed by atoms with van der Waals surface area (Å²) in [6, 6.07) is 4.55. The van der Waals surface area contributed by atoms with E-state index >= 15 is 0 Å². The number of carbonyl (C=O) groups excluding carboxylic acids is 1. The number of hydrogen-bond acceptors (Lipinski definition) is 5. The number of nitrogens with one attached hydrogen (secondary N) is 1. The van der Waals surface area contributed by atoms with Gasteiger partial charge in [-0.1, -0.05) is 25.7 Å². The average Bonchev–Trinajstić information content (AvgIpc) is 2.82. The highest BCUT2D eigenvalue weighted by molar-refractivity contribution is 5.92. The third kappa shape index (κ3) is 2.96. The van der Waals surface area contributed by atoms with E-state index in [4.69, 9.17) is 4.42 Å². The van der Waals surface area contributed by atoms with Crippen molar-refractivity contribution >= 4 is 11.8 Å². The van der Waals surface area contributed by atoms with Crippen molar-refractivity contribution in [3.63, 3.8) is 0 Å². The van der Waals surface area contributed by atoms with Crippen LogP contribution in [0.5, 0.6) is 0 Å². The molecule has 1 heterocycles. The topological polar surface area (TPSA) is 109 Å². The van der Waals surface area contributed by atoms with E-state index in [-0.39, 0.29) is 5.76 Å². The second-order valence-corrected chi connectivity index (χ2v) is 4.96. The summed E-state index contributed by atoms with van der Waals surface area (Å²) in [5, 5.41) is 22.5. The van der Waals surface area contributed by atoms with Crippen molar-refractivity contribution in [1.29, 1.82) is 5.26 Å². The van der Waals surface area contributed by atoms with Gasteiger partial charge in [0.15, 0.2) is 5.76 Å². The third-order valence-corrected chi connectivity index (χ3v) is 3.52. The van der Waals surface area contributed by atoms with Crippen LogP contribution in [0.25, 0.3) is 0 Å². The first-order valence-electron chi connectivity index (χ1n) is 6.54. The molecular weight excluding hydrogens is 262 g/mol. The van der Waals surface area contributed by atoms with Crippen molar-refractivity contribution in [1.82, 2.24) is 5.32 Å². The highest BCUT2D eigenvalue weighted by atomic mass is 16.6. The summed E-state index contributed by atoms with van der Waals surface area (Å²) in [5.41, 5.74) is -0.894. The average molecular weight is 277 g/mol. The Bertz CT molecular complexity index is 550. The Morgan fingerprint density at radius 2 is 2.00 bits per heavy atom. The summed E-state index contributed by atoms with van der Waals surface area (Å²) in [7, 11) is 0.